The van der Waals surface area contributed by atoms with E-state index in [0.29, 0.717) is 22.6 Å². The number of nitrogens with one attached hydrogen (secondary N) is 1. The minimum Gasteiger partial charge on any atom is -0.368 e. The van der Waals surface area contributed by atoms with Crippen LogP contribution in [0.2, 0.25) is 0 Å². The third kappa shape index (κ3) is 2.98. The number of anilines is 1. The van der Waals surface area contributed by atoms with Crippen molar-refractivity contribution in [3.63, 3.8) is 0 Å². The second-order valence-electron chi connectivity index (χ2n) is 5.52. The third-order valence-electron chi connectivity index (χ3n) is 3.77. The van der Waals surface area contributed by atoms with Crippen LogP contribution in [0.4, 0.5) is 5.82 Å². The van der Waals surface area contributed by atoms with Crippen molar-refractivity contribution in [2.45, 2.75) is 46.0 Å². The lowest BCUT2D eigenvalue weighted by atomic mass is 9.76. The van der Waals surface area contributed by atoms with E-state index in [0.717, 1.165) is 6.54 Å². The smallest absolute Gasteiger partial charge is 0.147 e. The van der Waals surface area contributed by atoms with Crippen LogP contribution in [0.5, 0.6) is 0 Å². The van der Waals surface area contributed by atoms with Gasteiger partial charge in [0.25, 0.3) is 0 Å². The fraction of sp³-hybridized carbons (Fsp3) is 0.643. The van der Waals surface area contributed by atoms with E-state index in [1.807, 2.05) is 6.92 Å². The molecule has 0 bridgehead atoms. The highest BCUT2D eigenvalue weighted by Gasteiger charge is 2.26. The topological polar surface area (TPSA) is 61.6 Å². The monoisotopic (exact) mass is 244 g/mol. The summed E-state index contributed by atoms with van der Waals surface area (Å²) in [5, 5.41) is 12.4. The molecule has 0 atom stereocenters. The summed E-state index contributed by atoms with van der Waals surface area (Å²) in [6.45, 7) is 5.05. The van der Waals surface area contributed by atoms with Crippen molar-refractivity contribution < 1.29 is 0 Å². The molecular formula is C14H20N4. The number of nitriles is 1. The van der Waals surface area contributed by atoms with Crippen molar-refractivity contribution >= 4 is 5.82 Å². The molecule has 1 saturated carbocycles. The van der Waals surface area contributed by atoms with Gasteiger partial charge in [0.2, 0.25) is 0 Å². The second-order valence-corrected chi connectivity index (χ2v) is 5.52. The molecule has 1 aliphatic carbocycles. The van der Waals surface area contributed by atoms with Gasteiger partial charge in [0, 0.05) is 6.54 Å². The zero-order valence-electron chi connectivity index (χ0n) is 11.2. The minimum atomic E-state index is 0.337. The van der Waals surface area contributed by atoms with Crippen molar-refractivity contribution in [2.75, 3.05) is 11.9 Å². The normalized spacial score (nSPS) is 18.1. The molecule has 1 fully saturated rings. The maximum atomic E-state index is 9.04. The maximum absolute atomic E-state index is 9.04. The molecule has 4 heteroatoms. The third-order valence-corrected chi connectivity index (χ3v) is 3.77. The summed E-state index contributed by atoms with van der Waals surface area (Å²) in [5.74, 6) is 1.38. The number of nitrogens with zero attached hydrogens (tertiary/aromatic N) is 3. The van der Waals surface area contributed by atoms with Crippen LogP contribution in [0.3, 0.4) is 0 Å². The minimum absolute atomic E-state index is 0.337. The Morgan fingerprint density at radius 2 is 2.11 bits per heavy atom. The highest BCUT2D eigenvalue weighted by atomic mass is 15.0. The molecule has 0 radical (unpaired) electrons. The van der Waals surface area contributed by atoms with Gasteiger partial charge in [-0.1, -0.05) is 26.2 Å². The van der Waals surface area contributed by atoms with Gasteiger partial charge in [-0.2, -0.15) is 5.26 Å². The highest BCUT2D eigenvalue weighted by molar-refractivity contribution is 5.50. The lowest BCUT2D eigenvalue weighted by molar-refractivity contribution is 0.233. The van der Waals surface area contributed by atoms with Crippen LogP contribution in [0.25, 0.3) is 0 Å². The Bertz CT molecular complexity index is 455. The van der Waals surface area contributed by atoms with Crippen molar-refractivity contribution in [3.05, 3.63) is 17.6 Å². The summed E-state index contributed by atoms with van der Waals surface area (Å²) >= 11 is 0. The lowest BCUT2D eigenvalue weighted by Crippen LogP contribution is -2.29. The molecular weight excluding hydrogens is 224 g/mol. The largest absolute Gasteiger partial charge is 0.368 e. The van der Waals surface area contributed by atoms with E-state index in [1.165, 1.54) is 32.1 Å². The van der Waals surface area contributed by atoms with Crippen molar-refractivity contribution in [2.24, 2.45) is 5.41 Å². The van der Waals surface area contributed by atoms with E-state index in [9.17, 15) is 0 Å². The van der Waals surface area contributed by atoms with Crippen LogP contribution in [0, 0.1) is 23.7 Å². The highest BCUT2D eigenvalue weighted by Crippen LogP contribution is 2.35. The van der Waals surface area contributed by atoms with Crippen LogP contribution in [-0.2, 0) is 0 Å². The second kappa shape index (κ2) is 5.34. The molecule has 1 heterocycles. The van der Waals surface area contributed by atoms with Gasteiger partial charge in [-0.05, 0) is 25.2 Å². The van der Waals surface area contributed by atoms with Gasteiger partial charge in [-0.3, -0.25) is 0 Å². The van der Waals surface area contributed by atoms with Crippen molar-refractivity contribution in [3.8, 4) is 6.07 Å². The molecule has 1 N–H and O–H groups in total. The van der Waals surface area contributed by atoms with Gasteiger partial charge in [-0.15, -0.1) is 0 Å². The number of aromatic nitrogens is 2. The Kier molecular flexibility index (Phi) is 3.81. The predicted molar refractivity (Wildman–Crippen MR) is 71.2 cm³/mol. The Morgan fingerprint density at radius 3 is 2.78 bits per heavy atom. The van der Waals surface area contributed by atoms with Gasteiger partial charge in [0.05, 0.1) is 6.20 Å². The first-order valence-corrected chi connectivity index (χ1v) is 6.61. The van der Waals surface area contributed by atoms with Gasteiger partial charge in [0.1, 0.15) is 23.3 Å². The lowest BCUT2D eigenvalue weighted by Gasteiger charge is -2.33. The van der Waals surface area contributed by atoms with Crippen LogP contribution < -0.4 is 5.32 Å². The average Bonchev–Trinajstić information content (AvgIpc) is 2.38. The molecule has 0 spiro atoms. The Labute approximate surface area is 108 Å². The first kappa shape index (κ1) is 12.8. The summed E-state index contributed by atoms with van der Waals surface area (Å²) in [7, 11) is 0. The van der Waals surface area contributed by atoms with Crippen LogP contribution in [0.15, 0.2) is 6.20 Å². The molecule has 1 aromatic rings. The number of rotatable bonds is 3. The molecule has 0 aliphatic heterocycles. The molecule has 0 saturated heterocycles. The van der Waals surface area contributed by atoms with E-state index in [4.69, 9.17) is 5.26 Å². The molecule has 1 aromatic heterocycles. The van der Waals surface area contributed by atoms with Gasteiger partial charge >= 0.3 is 0 Å². The zero-order chi connectivity index (χ0) is 13.0. The molecule has 0 aromatic carbocycles. The zero-order valence-corrected chi connectivity index (χ0v) is 11.2. The van der Waals surface area contributed by atoms with Gasteiger partial charge < -0.3 is 5.32 Å². The van der Waals surface area contributed by atoms with Gasteiger partial charge in [0.15, 0.2) is 0 Å². The molecule has 2 rings (SSSR count). The Hall–Kier alpha value is -1.63. The fourth-order valence-corrected chi connectivity index (χ4v) is 2.57. The summed E-state index contributed by atoms with van der Waals surface area (Å²) in [6.07, 6.45) is 8.08. The first-order chi connectivity index (χ1) is 8.63. The number of hydrogen-bond donors (Lipinski definition) is 1. The quantitative estimate of drug-likeness (QED) is 0.887. The van der Waals surface area contributed by atoms with E-state index in [-0.39, 0.29) is 0 Å². The number of aryl methyl sites for hydroxylation is 1. The number of hydrogen-bond acceptors (Lipinski definition) is 4. The summed E-state index contributed by atoms with van der Waals surface area (Å²) in [6, 6.07) is 2.14. The van der Waals surface area contributed by atoms with Crippen molar-refractivity contribution in [1.82, 2.24) is 9.97 Å². The van der Waals surface area contributed by atoms with E-state index in [1.54, 1.807) is 6.20 Å². The molecule has 96 valence electrons. The first-order valence-electron chi connectivity index (χ1n) is 6.61. The SMILES string of the molecule is Cc1ncc(C#N)c(NCC2(C)CCCCC2)n1. The predicted octanol–water partition coefficient (Wildman–Crippen LogP) is 3.04. The Balaban J connectivity index is 2.05. The van der Waals surface area contributed by atoms with E-state index < -0.39 is 0 Å². The van der Waals surface area contributed by atoms with E-state index in [2.05, 4.69) is 28.3 Å². The van der Waals surface area contributed by atoms with Crippen LogP contribution in [-0.4, -0.2) is 16.5 Å². The molecule has 0 unspecified atom stereocenters. The maximum Gasteiger partial charge on any atom is 0.147 e. The molecule has 0 amide bonds. The molecule has 4 nitrogen and oxygen atoms in total. The molecule has 18 heavy (non-hydrogen) atoms. The van der Waals surface area contributed by atoms with Crippen molar-refractivity contribution in [1.29, 1.82) is 5.26 Å². The average molecular weight is 244 g/mol. The standard InChI is InChI=1S/C14H20N4/c1-11-16-9-12(8-15)13(18-11)17-10-14(2)6-4-3-5-7-14/h9H,3-7,10H2,1-2H3,(H,16,17,18). The van der Waals surface area contributed by atoms with Crippen LogP contribution in [0.1, 0.15) is 50.4 Å². The Morgan fingerprint density at radius 1 is 1.39 bits per heavy atom. The van der Waals surface area contributed by atoms with E-state index >= 15 is 0 Å². The summed E-state index contributed by atoms with van der Waals surface area (Å²) in [4.78, 5) is 8.36. The fourth-order valence-electron chi connectivity index (χ4n) is 2.57. The summed E-state index contributed by atoms with van der Waals surface area (Å²) in [5.41, 5.74) is 0.865. The van der Waals surface area contributed by atoms with Gasteiger partial charge in [-0.25, -0.2) is 9.97 Å². The summed E-state index contributed by atoms with van der Waals surface area (Å²) < 4.78 is 0. The van der Waals surface area contributed by atoms with Crippen LogP contribution >= 0.6 is 0 Å². The molecule has 1 aliphatic rings.